The summed E-state index contributed by atoms with van der Waals surface area (Å²) in [5, 5.41) is 14.8. The molecule has 0 radical (unpaired) electrons. The first-order valence-corrected chi connectivity index (χ1v) is 13.3. The number of amides is 1. The van der Waals surface area contributed by atoms with Gasteiger partial charge in [0, 0.05) is 17.1 Å². The molecule has 1 amide bonds. The first-order valence-electron chi connectivity index (χ1n) is 13.0. The standard InChI is InChI=1S/C28H29ClN6O3/c1-16-10-12-17(13-11-16)15-35-22-21(19-8-5-9-20(29)14-19)30-25(26-33-28(37)38-34-26)31-24(22)32-27(35)23(36)18-6-3-2-4-7-18/h2-9,14,16-17,23,26,34,36H,10-13,15H2,1H3,(H,33,37). The number of aliphatic hydroxyl groups excluding tert-OH is 1. The summed E-state index contributed by atoms with van der Waals surface area (Å²) in [5.74, 6) is 1.99. The maximum absolute atomic E-state index is 11.7. The second-order valence-electron chi connectivity index (χ2n) is 10.2. The molecule has 4 aromatic rings. The zero-order valence-corrected chi connectivity index (χ0v) is 21.7. The van der Waals surface area contributed by atoms with Gasteiger partial charge < -0.3 is 14.5 Å². The van der Waals surface area contributed by atoms with E-state index >= 15 is 0 Å². The molecule has 1 aliphatic carbocycles. The minimum Gasteiger partial charge on any atom is -0.380 e. The van der Waals surface area contributed by atoms with Crippen molar-refractivity contribution >= 4 is 28.9 Å². The third-order valence-corrected chi connectivity index (χ3v) is 7.71. The number of fused-ring (bicyclic) bond motifs is 1. The highest BCUT2D eigenvalue weighted by Gasteiger charge is 2.31. The van der Waals surface area contributed by atoms with Gasteiger partial charge in [0.15, 0.2) is 17.6 Å². The number of aromatic nitrogens is 4. The molecule has 2 unspecified atom stereocenters. The molecule has 38 heavy (non-hydrogen) atoms. The van der Waals surface area contributed by atoms with E-state index in [4.69, 9.17) is 31.4 Å². The lowest BCUT2D eigenvalue weighted by Crippen LogP contribution is -2.25. The number of carbonyl (C=O) groups is 1. The number of nitrogens with one attached hydrogen (secondary N) is 2. The molecular weight excluding hydrogens is 504 g/mol. The summed E-state index contributed by atoms with van der Waals surface area (Å²) in [4.78, 5) is 31.0. The van der Waals surface area contributed by atoms with Crippen LogP contribution in [0.2, 0.25) is 5.02 Å². The third-order valence-electron chi connectivity index (χ3n) is 7.47. The summed E-state index contributed by atoms with van der Waals surface area (Å²) in [5.41, 5.74) is 5.94. The van der Waals surface area contributed by atoms with Crippen molar-refractivity contribution in [3.63, 3.8) is 0 Å². The van der Waals surface area contributed by atoms with Crippen LogP contribution in [0, 0.1) is 11.8 Å². The van der Waals surface area contributed by atoms with E-state index < -0.39 is 18.4 Å². The monoisotopic (exact) mass is 532 g/mol. The highest BCUT2D eigenvalue weighted by molar-refractivity contribution is 6.30. The average molecular weight is 533 g/mol. The van der Waals surface area contributed by atoms with E-state index in [0.29, 0.717) is 40.5 Å². The molecule has 2 fully saturated rings. The lowest BCUT2D eigenvalue weighted by atomic mass is 9.83. The SMILES string of the molecule is CC1CCC(Cn2c(C(O)c3ccccc3)nc3nc(C4NOC(=O)N4)nc(-c4cccc(Cl)c4)c32)CC1. The molecule has 1 saturated carbocycles. The van der Waals surface area contributed by atoms with Crippen LogP contribution in [0.15, 0.2) is 54.6 Å². The maximum atomic E-state index is 11.7. The van der Waals surface area contributed by atoms with E-state index in [1.165, 1.54) is 12.8 Å². The van der Waals surface area contributed by atoms with Gasteiger partial charge in [0.1, 0.15) is 23.1 Å². The minimum absolute atomic E-state index is 0.301. The van der Waals surface area contributed by atoms with Crippen LogP contribution in [-0.2, 0) is 11.4 Å². The van der Waals surface area contributed by atoms with Crippen molar-refractivity contribution in [2.75, 3.05) is 0 Å². The van der Waals surface area contributed by atoms with Gasteiger partial charge in [-0.25, -0.2) is 19.7 Å². The Kier molecular flexibility index (Phi) is 6.73. The van der Waals surface area contributed by atoms with Gasteiger partial charge in [-0.2, -0.15) is 0 Å². The predicted molar refractivity (Wildman–Crippen MR) is 143 cm³/mol. The average Bonchev–Trinajstić information content (AvgIpc) is 3.53. The third kappa shape index (κ3) is 4.84. The van der Waals surface area contributed by atoms with Crippen LogP contribution in [0.5, 0.6) is 0 Å². The van der Waals surface area contributed by atoms with E-state index in [1.807, 2.05) is 54.6 Å². The first-order chi connectivity index (χ1) is 18.5. The van der Waals surface area contributed by atoms with E-state index in [-0.39, 0.29) is 0 Å². The van der Waals surface area contributed by atoms with Gasteiger partial charge in [-0.1, -0.05) is 73.8 Å². The second kappa shape index (κ2) is 10.3. The molecule has 1 aliphatic heterocycles. The Morgan fingerprint density at radius 3 is 2.58 bits per heavy atom. The molecule has 10 heteroatoms. The molecule has 3 N–H and O–H groups in total. The fourth-order valence-electron chi connectivity index (χ4n) is 5.39. The smallest absolute Gasteiger partial charge is 0.380 e. The molecule has 2 atom stereocenters. The van der Waals surface area contributed by atoms with Crippen molar-refractivity contribution in [1.82, 2.24) is 30.3 Å². The first kappa shape index (κ1) is 24.8. The molecule has 9 nitrogen and oxygen atoms in total. The highest BCUT2D eigenvalue weighted by Crippen LogP contribution is 2.36. The Labute approximate surface area is 225 Å². The Morgan fingerprint density at radius 1 is 1.08 bits per heavy atom. The molecule has 0 bridgehead atoms. The zero-order valence-electron chi connectivity index (χ0n) is 21.0. The fourth-order valence-corrected chi connectivity index (χ4v) is 5.58. The number of imidazole rings is 1. The Balaban J connectivity index is 1.55. The second-order valence-corrected chi connectivity index (χ2v) is 10.7. The number of nitrogens with zero attached hydrogens (tertiary/aromatic N) is 4. The van der Waals surface area contributed by atoms with Crippen molar-refractivity contribution in [3.05, 3.63) is 76.8 Å². The molecule has 196 valence electrons. The number of hydrogen-bond donors (Lipinski definition) is 3. The summed E-state index contributed by atoms with van der Waals surface area (Å²) in [6, 6.07) is 17.0. The molecule has 3 heterocycles. The molecular formula is C28H29ClN6O3. The summed E-state index contributed by atoms with van der Waals surface area (Å²) in [7, 11) is 0. The van der Waals surface area contributed by atoms with E-state index in [2.05, 4.69) is 22.3 Å². The van der Waals surface area contributed by atoms with Crippen molar-refractivity contribution in [3.8, 4) is 11.3 Å². The van der Waals surface area contributed by atoms with E-state index in [1.54, 1.807) is 0 Å². The van der Waals surface area contributed by atoms with Crippen molar-refractivity contribution in [1.29, 1.82) is 0 Å². The van der Waals surface area contributed by atoms with Crippen LogP contribution in [0.25, 0.3) is 22.4 Å². The van der Waals surface area contributed by atoms with Crippen molar-refractivity contribution < 1.29 is 14.7 Å². The molecule has 2 aliphatic rings. The summed E-state index contributed by atoms with van der Waals surface area (Å²) in [6.45, 7) is 3.00. The highest BCUT2D eigenvalue weighted by atomic mass is 35.5. The van der Waals surface area contributed by atoms with Gasteiger partial charge in [-0.15, -0.1) is 5.48 Å². The van der Waals surface area contributed by atoms with Crippen molar-refractivity contribution in [2.45, 2.75) is 51.4 Å². The lowest BCUT2D eigenvalue weighted by Gasteiger charge is -2.27. The minimum atomic E-state index is -0.948. The Morgan fingerprint density at radius 2 is 1.87 bits per heavy atom. The van der Waals surface area contributed by atoms with Crippen molar-refractivity contribution in [2.24, 2.45) is 11.8 Å². The van der Waals surface area contributed by atoms with Crippen LogP contribution in [0.4, 0.5) is 4.79 Å². The predicted octanol–water partition coefficient (Wildman–Crippen LogP) is 5.30. The number of hydroxylamine groups is 1. The normalized spacial score (nSPS) is 22.3. The van der Waals surface area contributed by atoms with Gasteiger partial charge in [0.05, 0.1) is 0 Å². The number of halogens is 1. The largest absolute Gasteiger partial charge is 0.427 e. The van der Waals surface area contributed by atoms with E-state index in [0.717, 1.165) is 35.4 Å². The number of hydrogen-bond acceptors (Lipinski definition) is 7. The van der Waals surface area contributed by atoms with Gasteiger partial charge in [0.2, 0.25) is 0 Å². The number of rotatable bonds is 6. The Bertz CT molecular complexity index is 1470. The quantitative estimate of drug-likeness (QED) is 0.309. The van der Waals surface area contributed by atoms with Crippen LogP contribution in [-0.4, -0.2) is 30.7 Å². The summed E-state index contributed by atoms with van der Waals surface area (Å²) < 4.78 is 2.09. The summed E-state index contributed by atoms with van der Waals surface area (Å²) in [6.07, 6.45) is 2.30. The van der Waals surface area contributed by atoms with Crippen LogP contribution in [0.3, 0.4) is 0 Å². The Hall–Kier alpha value is -3.53. The number of aliphatic hydroxyl groups is 1. The van der Waals surface area contributed by atoms with Gasteiger partial charge in [0.25, 0.3) is 0 Å². The number of carbonyl (C=O) groups excluding carboxylic acids is 1. The molecule has 6 rings (SSSR count). The van der Waals surface area contributed by atoms with Crippen LogP contribution < -0.4 is 10.8 Å². The van der Waals surface area contributed by atoms with Gasteiger partial charge in [-0.05, 0) is 42.4 Å². The fraction of sp³-hybridized carbons (Fsp3) is 0.357. The van der Waals surface area contributed by atoms with Crippen LogP contribution >= 0.6 is 11.6 Å². The zero-order chi connectivity index (χ0) is 26.2. The molecule has 0 spiro atoms. The number of benzene rings is 2. The lowest BCUT2D eigenvalue weighted by molar-refractivity contribution is 0.120. The summed E-state index contributed by atoms with van der Waals surface area (Å²) >= 11 is 6.38. The van der Waals surface area contributed by atoms with Gasteiger partial charge in [-0.3, -0.25) is 5.32 Å². The maximum Gasteiger partial charge on any atom is 0.427 e. The van der Waals surface area contributed by atoms with E-state index in [9.17, 15) is 9.90 Å². The molecule has 2 aromatic heterocycles. The molecule has 1 saturated heterocycles. The van der Waals surface area contributed by atoms with Crippen LogP contribution in [0.1, 0.15) is 62.1 Å². The van der Waals surface area contributed by atoms with Gasteiger partial charge >= 0.3 is 6.09 Å². The molecule has 2 aromatic carbocycles. The topological polar surface area (TPSA) is 114 Å².